The smallest absolute Gasteiger partial charge is 0.235 e. The zero-order valence-corrected chi connectivity index (χ0v) is 17.7. The summed E-state index contributed by atoms with van der Waals surface area (Å²) in [5, 5.41) is 0. The van der Waals surface area contributed by atoms with Crippen LogP contribution in [0.4, 0.5) is 0 Å². The van der Waals surface area contributed by atoms with Crippen LogP contribution in [0.25, 0.3) is 0 Å². The second-order valence-corrected chi connectivity index (χ2v) is 6.26. The van der Waals surface area contributed by atoms with Crippen LogP contribution >= 0.6 is 0 Å². The van der Waals surface area contributed by atoms with E-state index in [4.69, 9.17) is 20.1 Å². The van der Waals surface area contributed by atoms with Gasteiger partial charge in [0.15, 0.2) is 0 Å². The van der Waals surface area contributed by atoms with Crippen molar-refractivity contribution in [3.63, 3.8) is 0 Å². The van der Waals surface area contributed by atoms with E-state index in [1.54, 1.807) is 0 Å². The number of nitrogens with zero attached hydrogens (tertiary/aromatic N) is 3. The summed E-state index contributed by atoms with van der Waals surface area (Å²) in [5.41, 5.74) is 6.03. The fraction of sp³-hybridized carbons (Fsp3) is 0.550. The number of aliphatic imine (C=N–C) groups is 3. The summed E-state index contributed by atoms with van der Waals surface area (Å²) in [5.74, 6) is 5.61. The van der Waals surface area contributed by atoms with E-state index in [0.29, 0.717) is 49.8 Å². The molecule has 0 fully saturated rings. The molecule has 0 aliphatic carbocycles. The van der Waals surface area contributed by atoms with Crippen LogP contribution in [0, 0.1) is 13.8 Å². The summed E-state index contributed by atoms with van der Waals surface area (Å²) in [6, 6.07) is 0. The molecule has 0 aliphatic heterocycles. The van der Waals surface area contributed by atoms with Crippen LogP contribution in [0.1, 0.15) is 27.8 Å². The third-order valence-corrected chi connectivity index (χ3v) is 4.50. The number of hydrogen-bond acceptors (Lipinski definition) is 11. The minimum atomic E-state index is 0.0183. The van der Waals surface area contributed by atoms with E-state index in [9.17, 15) is 14.4 Å². The highest BCUT2D eigenvalue weighted by Crippen LogP contribution is 2.35. The minimum absolute atomic E-state index is 0.0183. The zero-order chi connectivity index (χ0) is 22.9. The summed E-state index contributed by atoms with van der Waals surface area (Å²) >= 11 is 0. The van der Waals surface area contributed by atoms with E-state index in [0.717, 1.165) is 16.7 Å². The molecule has 0 aromatic heterocycles. The van der Waals surface area contributed by atoms with Crippen LogP contribution in [0.5, 0.6) is 5.75 Å². The van der Waals surface area contributed by atoms with Gasteiger partial charge < -0.3 is 14.2 Å². The molecule has 1 aromatic rings. The van der Waals surface area contributed by atoms with Gasteiger partial charge in [-0.1, -0.05) is 0 Å². The molecular formula is C20H27N5O6. The number of hydrogen-bond donors (Lipinski definition) is 2. The molecular weight excluding hydrogens is 406 g/mol. The van der Waals surface area contributed by atoms with Crippen molar-refractivity contribution < 1.29 is 28.6 Å². The molecule has 0 unspecified atom stereocenters. The first-order valence-electron chi connectivity index (χ1n) is 9.58. The van der Waals surface area contributed by atoms with Crippen LogP contribution in [0.3, 0.4) is 0 Å². The third kappa shape index (κ3) is 8.72. The highest BCUT2D eigenvalue weighted by atomic mass is 16.5. The predicted octanol–water partition coefficient (Wildman–Crippen LogP) is 0.686. The number of isocyanates is 3. The molecule has 0 aliphatic rings. The van der Waals surface area contributed by atoms with Crippen LogP contribution in [0.15, 0.2) is 15.0 Å². The van der Waals surface area contributed by atoms with Gasteiger partial charge in [-0.25, -0.2) is 29.4 Å². The fourth-order valence-electron chi connectivity index (χ4n) is 2.95. The number of nitrogens with one attached hydrogen (secondary N) is 1. The maximum atomic E-state index is 10.7. The van der Waals surface area contributed by atoms with Crippen molar-refractivity contribution in [2.45, 2.75) is 33.5 Å². The zero-order valence-electron chi connectivity index (χ0n) is 17.7. The minimum Gasteiger partial charge on any atom is -0.490 e. The molecule has 0 bridgehead atoms. The number of benzene rings is 1. The largest absolute Gasteiger partial charge is 0.490 e. The standard InChI is InChI=1S/C20H27N5O6/c1-15-17(9-22-12-26)16(2)19(11-24-14-28)20(18(15)10-23-13-27)31-8-7-30-6-5-29-4-3-25-21/h25H,3-11,21H2,1-2H3. The van der Waals surface area contributed by atoms with Crippen molar-refractivity contribution in [1.82, 2.24) is 5.43 Å². The Morgan fingerprint density at radius 1 is 0.742 bits per heavy atom. The first-order chi connectivity index (χ1) is 15.1. The van der Waals surface area contributed by atoms with Gasteiger partial charge in [-0.15, -0.1) is 0 Å². The molecule has 1 rings (SSSR count). The Bertz CT molecular complexity index is 809. The summed E-state index contributed by atoms with van der Waals surface area (Å²) in [4.78, 5) is 43.0. The van der Waals surface area contributed by atoms with Gasteiger partial charge in [0.05, 0.1) is 46.1 Å². The van der Waals surface area contributed by atoms with E-state index in [2.05, 4.69) is 20.4 Å². The van der Waals surface area contributed by atoms with Gasteiger partial charge in [0, 0.05) is 17.7 Å². The molecule has 11 nitrogen and oxygen atoms in total. The van der Waals surface area contributed by atoms with Gasteiger partial charge in [-0.2, -0.15) is 0 Å². The lowest BCUT2D eigenvalue weighted by molar-refractivity contribution is 0.0371. The second kappa shape index (κ2) is 15.8. The number of nitrogens with two attached hydrogens (primary N) is 1. The van der Waals surface area contributed by atoms with Crippen molar-refractivity contribution in [1.29, 1.82) is 0 Å². The maximum absolute atomic E-state index is 10.7. The lowest BCUT2D eigenvalue weighted by Gasteiger charge is -2.21. The quantitative estimate of drug-likeness (QED) is 0.127. The van der Waals surface area contributed by atoms with Crippen molar-refractivity contribution in [2.75, 3.05) is 39.6 Å². The molecule has 1 aromatic carbocycles. The van der Waals surface area contributed by atoms with Crippen LogP contribution in [-0.2, 0) is 43.5 Å². The van der Waals surface area contributed by atoms with Crippen LogP contribution in [0.2, 0.25) is 0 Å². The average molecular weight is 433 g/mol. The molecule has 0 atom stereocenters. The second-order valence-electron chi connectivity index (χ2n) is 6.26. The lowest BCUT2D eigenvalue weighted by Crippen LogP contribution is -2.26. The Kier molecular flexibility index (Phi) is 13.3. The van der Waals surface area contributed by atoms with Gasteiger partial charge in [-0.05, 0) is 30.5 Å². The Labute approximate surface area is 180 Å². The molecule has 3 N–H and O–H groups in total. The highest BCUT2D eigenvalue weighted by molar-refractivity contribution is 5.56. The Morgan fingerprint density at radius 2 is 1.19 bits per heavy atom. The maximum Gasteiger partial charge on any atom is 0.235 e. The van der Waals surface area contributed by atoms with Crippen molar-refractivity contribution in [3.05, 3.63) is 27.8 Å². The number of carbonyl (C=O) groups excluding carboxylic acids is 3. The first-order valence-corrected chi connectivity index (χ1v) is 9.58. The molecule has 31 heavy (non-hydrogen) atoms. The Balaban J connectivity index is 3.04. The molecule has 168 valence electrons. The molecule has 0 saturated heterocycles. The van der Waals surface area contributed by atoms with Gasteiger partial charge in [0.1, 0.15) is 12.4 Å². The first kappa shape index (κ1) is 26.0. The van der Waals surface area contributed by atoms with E-state index in [-0.39, 0.29) is 26.2 Å². The van der Waals surface area contributed by atoms with Crippen molar-refractivity contribution >= 4 is 18.2 Å². The molecule has 0 radical (unpaired) electrons. The monoisotopic (exact) mass is 433 g/mol. The van der Waals surface area contributed by atoms with Crippen LogP contribution < -0.4 is 16.0 Å². The summed E-state index contributed by atoms with van der Waals surface area (Å²) in [6.07, 6.45) is 4.54. The predicted molar refractivity (Wildman–Crippen MR) is 111 cm³/mol. The lowest BCUT2D eigenvalue weighted by atomic mass is 9.91. The molecule has 0 saturated carbocycles. The summed E-state index contributed by atoms with van der Waals surface area (Å²) in [6.45, 7) is 6.12. The van der Waals surface area contributed by atoms with Gasteiger partial charge in [-0.3, -0.25) is 11.3 Å². The van der Waals surface area contributed by atoms with Crippen molar-refractivity contribution in [2.24, 2.45) is 20.8 Å². The third-order valence-electron chi connectivity index (χ3n) is 4.50. The Morgan fingerprint density at radius 3 is 1.68 bits per heavy atom. The topological polar surface area (TPSA) is 154 Å². The summed E-state index contributed by atoms with van der Waals surface area (Å²) in [7, 11) is 0. The number of hydrazine groups is 1. The normalized spacial score (nSPS) is 10.0. The molecule has 11 heteroatoms. The van der Waals surface area contributed by atoms with Crippen molar-refractivity contribution in [3.8, 4) is 5.75 Å². The van der Waals surface area contributed by atoms with E-state index in [1.807, 2.05) is 13.8 Å². The van der Waals surface area contributed by atoms with Crippen LogP contribution in [-0.4, -0.2) is 57.8 Å². The molecule has 0 heterocycles. The van der Waals surface area contributed by atoms with Gasteiger partial charge >= 0.3 is 0 Å². The van der Waals surface area contributed by atoms with E-state index in [1.165, 1.54) is 18.2 Å². The van der Waals surface area contributed by atoms with Gasteiger partial charge in [0.25, 0.3) is 0 Å². The SMILES string of the molecule is Cc1c(CN=C=O)c(C)c(CN=C=O)c(OCCOCCOCCNN)c1CN=C=O. The number of ether oxygens (including phenoxy) is 3. The Hall–Kier alpha value is -3.00. The molecule has 0 amide bonds. The average Bonchev–Trinajstić information content (AvgIpc) is 2.77. The molecule has 0 spiro atoms. The number of rotatable bonds is 16. The van der Waals surface area contributed by atoms with E-state index >= 15 is 0 Å². The fourth-order valence-corrected chi connectivity index (χ4v) is 2.95. The van der Waals surface area contributed by atoms with Gasteiger partial charge in [0.2, 0.25) is 18.2 Å². The highest BCUT2D eigenvalue weighted by Gasteiger charge is 2.20. The summed E-state index contributed by atoms with van der Waals surface area (Å²) < 4.78 is 16.7. The van der Waals surface area contributed by atoms with E-state index < -0.39 is 0 Å².